The average molecular weight is 181 g/mol. The van der Waals surface area contributed by atoms with Crippen molar-refractivity contribution in [1.29, 1.82) is 0 Å². The van der Waals surface area contributed by atoms with E-state index in [1.54, 1.807) is 0 Å². The van der Waals surface area contributed by atoms with E-state index in [9.17, 15) is 0 Å². The van der Waals surface area contributed by atoms with Gasteiger partial charge < -0.3 is 4.90 Å². The monoisotopic (exact) mass is 181 g/mol. The van der Waals surface area contributed by atoms with Gasteiger partial charge >= 0.3 is 0 Å². The van der Waals surface area contributed by atoms with Gasteiger partial charge in [-0.2, -0.15) is 5.10 Å². The summed E-state index contributed by atoms with van der Waals surface area (Å²) in [5, 5.41) is 4.40. The molecular formula is C10H19N3. The summed E-state index contributed by atoms with van der Waals surface area (Å²) >= 11 is 0. The predicted octanol–water partition coefficient (Wildman–Crippen LogP) is 1.88. The Kier molecular flexibility index (Phi) is 2.96. The highest BCUT2D eigenvalue weighted by Crippen LogP contribution is 2.22. The predicted molar refractivity (Wildman–Crippen MR) is 56.2 cm³/mol. The summed E-state index contributed by atoms with van der Waals surface area (Å²) in [6.07, 6.45) is 0. The zero-order chi connectivity index (χ0) is 10.0. The van der Waals surface area contributed by atoms with Crippen molar-refractivity contribution in [2.75, 3.05) is 18.0 Å². The fraction of sp³-hybridized carbons (Fsp3) is 0.700. The SMILES string of the molecule is CCN(CC)c1c(C)nn(C)c1C. The summed E-state index contributed by atoms with van der Waals surface area (Å²) in [6, 6.07) is 0. The molecular weight excluding hydrogens is 162 g/mol. The maximum Gasteiger partial charge on any atom is 0.0829 e. The Hall–Kier alpha value is -0.990. The largest absolute Gasteiger partial charge is 0.369 e. The van der Waals surface area contributed by atoms with Crippen molar-refractivity contribution in [2.45, 2.75) is 27.7 Å². The van der Waals surface area contributed by atoms with Gasteiger partial charge in [-0.1, -0.05) is 0 Å². The van der Waals surface area contributed by atoms with Crippen LogP contribution in [0.5, 0.6) is 0 Å². The Morgan fingerprint density at radius 2 is 1.77 bits per heavy atom. The molecule has 74 valence electrons. The van der Waals surface area contributed by atoms with Crippen LogP contribution in [0.3, 0.4) is 0 Å². The van der Waals surface area contributed by atoms with E-state index < -0.39 is 0 Å². The molecule has 1 aromatic rings. The first-order valence-electron chi connectivity index (χ1n) is 4.86. The van der Waals surface area contributed by atoms with Crippen molar-refractivity contribution >= 4 is 5.69 Å². The second-order valence-electron chi connectivity index (χ2n) is 3.32. The average Bonchev–Trinajstić information content (AvgIpc) is 2.34. The second kappa shape index (κ2) is 3.81. The zero-order valence-corrected chi connectivity index (χ0v) is 9.26. The highest BCUT2D eigenvalue weighted by atomic mass is 15.3. The molecule has 0 bridgehead atoms. The lowest BCUT2D eigenvalue weighted by Crippen LogP contribution is -2.23. The molecule has 0 aliphatic rings. The minimum atomic E-state index is 1.05. The van der Waals surface area contributed by atoms with Crippen molar-refractivity contribution in [3.63, 3.8) is 0 Å². The molecule has 0 saturated carbocycles. The standard InChI is InChI=1S/C10H19N3/c1-6-13(7-2)10-8(3)11-12(5)9(10)4/h6-7H2,1-5H3. The van der Waals surface area contributed by atoms with Gasteiger partial charge in [0.2, 0.25) is 0 Å². The molecule has 0 fully saturated rings. The molecule has 0 radical (unpaired) electrons. The molecule has 0 amide bonds. The third kappa shape index (κ3) is 1.69. The maximum atomic E-state index is 4.40. The quantitative estimate of drug-likeness (QED) is 0.710. The summed E-state index contributed by atoms with van der Waals surface area (Å²) in [5.41, 5.74) is 3.68. The van der Waals surface area contributed by atoms with E-state index in [0.29, 0.717) is 0 Å². The van der Waals surface area contributed by atoms with Crippen LogP contribution in [0.15, 0.2) is 0 Å². The number of hydrogen-bond donors (Lipinski definition) is 0. The van der Waals surface area contributed by atoms with Gasteiger partial charge in [-0.3, -0.25) is 4.68 Å². The molecule has 1 aromatic heterocycles. The van der Waals surface area contributed by atoms with Gasteiger partial charge in [-0.05, 0) is 27.7 Å². The van der Waals surface area contributed by atoms with Crippen molar-refractivity contribution in [3.05, 3.63) is 11.4 Å². The minimum absolute atomic E-state index is 1.05. The molecule has 0 aliphatic heterocycles. The van der Waals surface area contributed by atoms with E-state index in [1.807, 2.05) is 11.7 Å². The lowest BCUT2D eigenvalue weighted by Gasteiger charge is -2.21. The van der Waals surface area contributed by atoms with Gasteiger partial charge in [0.1, 0.15) is 0 Å². The highest BCUT2D eigenvalue weighted by molar-refractivity contribution is 5.54. The van der Waals surface area contributed by atoms with Gasteiger partial charge in [-0.15, -0.1) is 0 Å². The van der Waals surface area contributed by atoms with E-state index >= 15 is 0 Å². The summed E-state index contributed by atoms with van der Waals surface area (Å²) in [6.45, 7) is 10.6. The fourth-order valence-corrected chi connectivity index (χ4v) is 1.76. The Morgan fingerprint density at radius 1 is 1.23 bits per heavy atom. The molecule has 0 aromatic carbocycles. The summed E-state index contributed by atoms with van der Waals surface area (Å²) in [4.78, 5) is 2.34. The molecule has 13 heavy (non-hydrogen) atoms. The Morgan fingerprint density at radius 3 is 2.08 bits per heavy atom. The molecule has 0 unspecified atom stereocenters. The van der Waals surface area contributed by atoms with Crippen LogP contribution in [0, 0.1) is 13.8 Å². The molecule has 0 atom stereocenters. The molecule has 0 saturated heterocycles. The van der Waals surface area contributed by atoms with Gasteiger partial charge in [0.25, 0.3) is 0 Å². The van der Waals surface area contributed by atoms with E-state index in [4.69, 9.17) is 0 Å². The van der Waals surface area contributed by atoms with Gasteiger partial charge in [0, 0.05) is 20.1 Å². The van der Waals surface area contributed by atoms with Crippen LogP contribution in [0.1, 0.15) is 25.2 Å². The topological polar surface area (TPSA) is 21.1 Å². The van der Waals surface area contributed by atoms with Crippen LogP contribution in [0.2, 0.25) is 0 Å². The van der Waals surface area contributed by atoms with Gasteiger partial charge in [-0.25, -0.2) is 0 Å². The van der Waals surface area contributed by atoms with E-state index in [0.717, 1.165) is 18.8 Å². The van der Waals surface area contributed by atoms with Crippen molar-refractivity contribution < 1.29 is 0 Å². The normalized spacial score (nSPS) is 10.5. The van der Waals surface area contributed by atoms with E-state index in [2.05, 4.69) is 37.7 Å². The number of aryl methyl sites for hydroxylation is 2. The van der Waals surface area contributed by atoms with Gasteiger partial charge in [0.15, 0.2) is 0 Å². The van der Waals surface area contributed by atoms with Crippen LogP contribution in [0.4, 0.5) is 5.69 Å². The lowest BCUT2D eigenvalue weighted by atomic mass is 10.2. The number of nitrogens with zero attached hydrogens (tertiary/aromatic N) is 3. The second-order valence-corrected chi connectivity index (χ2v) is 3.32. The maximum absolute atomic E-state index is 4.40. The summed E-state index contributed by atoms with van der Waals surface area (Å²) in [5.74, 6) is 0. The molecule has 1 heterocycles. The lowest BCUT2D eigenvalue weighted by molar-refractivity contribution is 0.730. The van der Waals surface area contributed by atoms with Crippen molar-refractivity contribution in [1.82, 2.24) is 9.78 Å². The van der Waals surface area contributed by atoms with Crippen LogP contribution in [-0.4, -0.2) is 22.9 Å². The minimum Gasteiger partial charge on any atom is -0.369 e. The summed E-state index contributed by atoms with van der Waals surface area (Å²) < 4.78 is 1.95. The van der Waals surface area contributed by atoms with Crippen molar-refractivity contribution in [3.8, 4) is 0 Å². The molecule has 3 heteroatoms. The number of hydrogen-bond acceptors (Lipinski definition) is 2. The molecule has 0 spiro atoms. The fourth-order valence-electron chi connectivity index (χ4n) is 1.76. The third-order valence-electron chi connectivity index (χ3n) is 2.55. The van der Waals surface area contributed by atoms with Gasteiger partial charge in [0.05, 0.1) is 17.1 Å². The molecule has 0 aliphatic carbocycles. The molecule has 1 rings (SSSR count). The smallest absolute Gasteiger partial charge is 0.0829 e. The van der Waals surface area contributed by atoms with Crippen LogP contribution in [-0.2, 0) is 7.05 Å². The molecule has 3 nitrogen and oxygen atoms in total. The van der Waals surface area contributed by atoms with Crippen LogP contribution >= 0.6 is 0 Å². The first-order chi connectivity index (χ1) is 6.11. The van der Waals surface area contributed by atoms with Crippen molar-refractivity contribution in [2.24, 2.45) is 7.05 Å². The first kappa shape index (κ1) is 10.1. The van der Waals surface area contributed by atoms with Crippen LogP contribution in [0.25, 0.3) is 0 Å². The van der Waals surface area contributed by atoms with E-state index in [1.165, 1.54) is 11.4 Å². The van der Waals surface area contributed by atoms with Crippen LogP contribution < -0.4 is 4.90 Å². The Balaban J connectivity index is 3.11. The number of aromatic nitrogens is 2. The third-order valence-corrected chi connectivity index (χ3v) is 2.55. The Bertz CT molecular complexity index is 285. The zero-order valence-electron chi connectivity index (χ0n) is 9.26. The Labute approximate surface area is 80.4 Å². The highest BCUT2D eigenvalue weighted by Gasteiger charge is 2.13. The van der Waals surface area contributed by atoms with E-state index in [-0.39, 0.29) is 0 Å². The number of rotatable bonds is 3. The molecule has 0 N–H and O–H groups in total. The first-order valence-corrected chi connectivity index (χ1v) is 4.86. The summed E-state index contributed by atoms with van der Waals surface area (Å²) in [7, 11) is 2.00. The number of anilines is 1.